The van der Waals surface area contributed by atoms with Crippen LogP contribution in [0.25, 0.3) is 0 Å². The number of nitrogens with one attached hydrogen (secondary N) is 1. The number of amides is 1. The predicted octanol–water partition coefficient (Wildman–Crippen LogP) is 3.68. The summed E-state index contributed by atoms with van der Waals surface area (Å²) in [6.07, 6.45) is 4.53. The summed E-state index contributed by atoms with van der Waals surface area (Å²) in [5.41, 5.74) is 0.685. The van der Waals surface area contributed by atoms with Gasteiger partial charge in [0.2, 0.25) is 5.91 Å². The van der Waals surface area contributed by atoms with Crippen molar-refractivity contribution in [2.75, 3.05) is 0 Å². The Labute approximate surface area is 127 Å². The van der Waals surface area contributed by atoms with Crippen molar-refractivity contribution >= 4 is 5.91 Å². The zero-order chi connectivity index (χ0) is 15.8. The molecule has 4 nitrogen and oxygen atoms in total. The number of hydrogen-bond acceptors (Lipinski definition) is 3. The molecule has 1 aromatic rings. The van der Waals surface area contributed by atoms with Crippen molar-refractivity contribution < 1.29 is 15.0 Å². The lowest BCUT2D eigenvalue weighted by Gasteiger charge is -2.19. The van der Waals surface area contributed by atoms with Crippen molar-refractivity contribution in [3.05, 3.63) is 23.8 Å². The van der Waals surface area contributed by atoms with E-state index < -0.39 is 0 Å². The van der Waals surface area contributed by atoms with Gasteiger partial charge in [0.25, 0.3) is 0 Å². The predicted molar refractivity (Wildman–Crippen MR) is 84.6 cm³/mol. The summed E-state index contributed by atoms with van der Waals surface area (Å²) in [4.78, 5) is 12.1. The van der Waals surface area contributed by atoms with Crippen LogP contribution >= 0.6 is 0 Å². The Hall–Kier alpha value is -1.71. The monoisotopic (exact) mass is 293 g/mol. The molecule has 2 unspecified atom stereocenters. The van der Waals surface area contributed by atoms with E-state index >= 15 is 0 Å². The van der Waals surface area contributed by atoms with Gasteiger partial charge in [0.15, 0.2) is 0 Å². The fourth-order valence-electron chi connectivity index (χ4n) is 2.45. The van der Waals surface area contributed by atoms with E-state index in [0.717, 1.165) is 25.7 Å². The molecule has 1 amide bonds. The van der Waals surface area contributed by atoms with Crippen LogP contribution in [0.1, 0.15) is 64.4 Å². The van der Waals surface area contributed by atoms with Gasteiger partial charge in [-0.1, -0.05) is 39.7 Å². The number of phenols is 2. The number of aromatic hydroxyl groups is 2. The normalized spacial score (nSPS) is 13.7. The van der Waals surface area contributed by atoms with Crippen LogP contribution in [0.5, 0.6) is 11.5 Å². The molecule has 0 fully saturated rings. The summed E-state index contributed by atoms with van der Waals surface area (Å²) in [7, 11) is 0. The van der Waals surface area contributed by atoms with Gasteiger partial charge in [-0.2, -0.15) is 0 Å². The minimum absolute atomic E-state index is 0.0120. The van der Waals surface area contributed by atoms with Crippen molar-refractivity contribution in [3.8, 4) is 11.5 Å². The van der Waals surface area contributed by atoms with Crippen molar-refractivity contribution in [2.45, 2.75) is 64.8 Å². The first-order chi connectivity index (χ1) is 9.97. The molecule has 0 spiro atoms. The van der Waals surface area contributed by atoms with Crippen LogP contribution in [-0.4, -0.2) is 22.2 Å². The summed E-state index contributed by atoms with van der Waals surface area (Å²) in [6.45, 7) is 6.12. The summed E-state index contributed by atoms with van der Waals surface area (Å²) in [5.74, 6) is -0.0148. The Balaban J connectivity index is 2.56. The molecular weight excluding hydrogens is 266 g/mol. The van der Waals surface area contributed by atoms with E-state index in [0.29, 0.717) is 12.0 Å². The van der Waals surface area contributed by atoms with Gasteiger partial charge >= 0.3 is 0 Å². The molecule has 0 aliphatic rings. The highest BCUT2D eigenvalue weighted by molar-refractivity contribution is 5.77. The van der Waals surface area contributed by atoms with Gasteiger partial charge in [0, 0.05) is 18.5 Å². The fourth-order valence-corrected chi connectivity index (χ4v) is 2.45. The highest BCUT2D eigenvalue weighted by Gasteiger charge is 2.17. The largest absolute Gasteiger partial charge is 0.508 e. The van der Waals surface area contributed by atoms with E-state index in [9.17, 15) is 15.0 Å². The Morgan fingerprint density at radius 1 is 1.29 bits per heavy atom. The van der Waals surface area contributed by atoms with Gasteiger partial charge in [-0.15, -0.1) is 0 Å². The lowest BCUT2D eigenvalue weighted by atomic mass is 9.96. The molecule has 118 valence electrons. The molecule has 0 saturated heterocycles. The van der Waals surface area contributed by atoms with E-state index in [4.69, 9.17) is 0 Å². The van der Waals surface area contributed by atoms with Crippen LogP contribution in [0.2, 0.25) is 0 Å². The van der Waals surface area contributed by atoms with Gasteiger partial charge < -0.3 is 15.5 Å². The maximum Gasteiger partial charge on any atom is 0.220 e. The molecule has 1 aromatic carbocycles. The molecule has 0 bridgehead atoms. The van der Waals surface area contributed by atoms with Gasteiger partial charge in [-0.05, 0) is 30.4 Å². The summed E-state index contributed by atoms with van der Waals surface area (Å²) >= 11 is 0. The van der Waals surface area contributed by atoms with E-state index in [2.05, 4.69) is 19.2 Å². The summed E-state index contributed by atoms with van der Waals surface area (Å²) in [6, 6.07) is 4.73. The van der Waals surface area contributed by atoms with Crippen LogP contribution in [0, 0.1) is 0 Å². The van der Waals surface area contributed by atoms with Crippen molar-refractivity contribution in [1.29, 1.82) is 0 Å². The molecule has 0 radical (unpaired) electrons. The average molecular weight is 293 g/mol. The lowest BCUT2D eigenvalue weighted by Crippen LogP contribution is -2.34. The maximum atomic E-state index is 12.1. The van der Waals surface area contributed by atoms with Crippen LogP contribution in [0.4, 0.5) is 0 Å². The van der Waals surface area contributed by atoms with Crippen molar-refractivity contribution in [3.63, 3.8) is 0 Å². The minimum Gasteiger partial charge on any atom is -0.508 e. The summed E-state index contributed by atoms with van der Waals surface area (Å²) < 4.78 is 0. The molecular formula is C17H27NO3. The third-order valence-corrected chi connectivity index (χ3v) is 3.80. The standard InChI is InChI=1S/C17H27NO3/c1-4-6-7-13(5-2)18-17(21)10-12(3)15-9-8-14(19)11-16(15)20/h8-9,11-13,19-20H,4-7,10H2,1-3H3,(H,18,21). The fraction of sp³-hybridized carbons (Fsp3) is 0.588. The van der Waals surface area contributed by atoms with Crippen LogP contribution < -0.4 is 5.32 Å². The van der Waals surface area contributed by atoms with Gasteiger partial charge in [-0.3, -0.25) is 4.79 Å². The first-order valence-corrected chi connectivity index (χ1v) is 7.79. The number of rotatable bonds is 8. The zero-order valence-electron chi connectivity index (χ0n) is 13.2. The maximum absolute atomic E-state index is 12.1. The second kappa shape index (κ2) is 8.55. The number of phenolic OH excluding ortho intramolecular Hbond substituents is 2. The minimum atomic E-state index is -0.0886. The second-order valence-corrected chi connectivity index (χ2v) is 5.66. The molecule has 2 atom stereocenters. The molecule has 0 aromatic heterocycles. The molecule has 4 heteroatoms. The SMILES string of the molecule is CCCCC(CC)NC(=O)CC(C)c1ccc(O)cc1O. The van der Waals surface area contributed by atoms with E-state index in [1.165, 1.54) is 12.1 Å². The number of unbranched alkanes of at least 4 members (excludes halogenated alkanes) is 1. The van der Waals surface area contributed by atoms with Crippen LogP contribution in [0.15, 0.2) is 18.2 Å². The molecule has 0 saturated carbocycles. The highest BCUT2D eigenvalue weighted by Crippen LogP contribution is 2.30. The van der Waals surface area contributed by atoms with Gasteiger partial charge in [-0.25, -0.2) is 0 Å². The van der Waals surface area contributed by atoms with Crippen molar-refractivity contribution in [1.82, 2.24) is 5.32 Å². The highest BCUT2D eigenvalue weighted by atomic mass is 16.3. The van der Waals surface area contributed by atoms with E-state index in [1.54, 1.807) is 6.07 Å². The number of carbonyl (C=O) groups is 1. The molecule has 21 heavy (non-hydrogen) atoms. The Bertz CT molecular complexity index is 459. The van der Waals surface area contributed by atoms with E-state index in [-0.39, 0.29) is 29.4 Å². The first kappa shape index (κ1) is 17.3. The second-order valence-electron chi connectivity index (χ2n) is 5.66. The molecule has 3 N–H and O–H groups in total. The van der Waals surface area contributed by atoms with Crippen molar-refractivity contribution in [2.24, 2.45) is 0 Å². The van der Waals surface area contributed by atoms with Gasteiger partial charge in [0.05, 0.1) is 0 Å². The van der Waals surface area contributed by atoms with E-state index in [1.807, 2.05) is 6.92 Å². The third-order valence-electron chi connectivity index (χ3n) is 3.80. The number of benzene rings is 1. The lowest BCUT2D eigenvalue weighted by molar-refractivity contribution is -0.122. The average Bonchev–Trinajstić information content (AvgIpc) is 2.43. The Morgan fingerprint density at radius 3 is 2.57 bits per heavy atom. The number of carbonyl (C=O) groups excluding carboxylic acids is 1. The number of hydrogen-bond donors (Lipinski definition) is 3. The summed E-state index contributed by atoms with van der Waals surface area (Å²) in [5, 5.41) is 22.2. The topological polar surface area (TPSA) is 69.6 Å². The molecule has 0 aliphatic heterocycles. The quantitative estimate of drug-likeness (QED) is 0.685. The first-order valence-electron chi connectivity index (χ1n) is 7.79. The zero-order valence-corrected chi connectivity index (χ0v) is 13.2. The third kappa shape index (κ3) is 5.66. The molecule has 0 aliphatic carbocycles. The molecule has 0 heterocycles. The molecule has 1 rings (SSSR count). The Kier molecular flexibility index (Phi) is 7.06. The Morgan fingerprint density at radius 2 is 2.00 bits per heavy atom. The van der Waals surface area contributed by atoms with Crippen LogP contribution in [-0.2, 0) is 4.79 Å². The van der Waals surface area contributed by atoms with Crippen LogP contribution in [0.3, 0.4) is 0 Å². The van der Waals surface area contributed by atoms with Gasteiger partial charge in [0.1, 0.15) is 11.5 Å². The smallest absolute Gasteiger partial charge is 0.220 e.